The van der Waals surface area contributed by atoms with E-state index in [0.717, 1.165) is 11.3 Å². The van der Waals surface area contributed by atoms with Crippen LogP contribution in [-0.2, 0) is 0 Å². The molecule has 4 heteroatoms. The van der Waals surface area contributed by atoms with Crippen LogP contribution in [0.15, 0.2) is 11.7 Å². The molecule has 0 aliphatic carbocycles. The van der Waals surface area contributed by atoms with Crippen molar-refractivity contribution >= 4 is 17.1 Å². The van der Waals surface area contributed by atoms with Crippen LogP contribution in [0.4, 0.5) is 0 Å². The van der Waals surface area contributed by atoms with Gasteiger partial charge in [-0.2, -0.15) is 0 Å². The molecular weight excluding hydrogens is 208 g/mol. The van der Waals surface area contributed by atoms with Crippen molar-refractivity contribution < 1.29 is 4.79 Å². The monoisotopic (exact) mass is 224 g/mol. The first-order chi connectivity index (χ1) is 7.25. The Morgan fingerprint density at radius 1 is 1.67 bits per heavy atom. The van der Waals surface area contributed by atoms with Gasteiger partial charge in [0, 0.05) is 24.7 Å². The van der Waals surface area contributed by atoms with Gasteiger partial charge in [0.1, 0.15) is 0 Å². The number of hydrogen-bond donors (Lipinski definition) is 1. The molecule has 1 aliphatic rings. The average Bonchev–Trinajstić information content (AvgIpc) is 2.70. The Balaban J connectivity index is 1.89. The normalized spacial score (nSPS) is 26.5. The Morgan fingerprint density at radius 3 is 3.20 bits per heavy atom. The number of piperidine rings is 1. The molecule has 0 spiro atoms. The number of Topliss-reactive ketones (excluding diaryl/α,β-unsaturated/α-hetero) is 1. The van der Waals surface area contributed by atoms with Crippen molar-refractivity contribution in [2.24, 2.45) is 0 Å². The molecule has 15 heavy (non-hydrogen) atoms. The number of carbonyl (C=O) groups is 1. The highest BCUT2D eigenvalue weighted by molar-refractivity contribution is 7.11. The molecule has 2 heterocycles. The van der Waals surface area contributed by atoms with Gasteiger partial charge in [0.05, 0.1) is 10.4 Å². The first-order valence-electron chi connectivity index (χ1n) is 5.43. The summed E-state index contributed by atoms with van der Waals surface area (Å²) in [7, 11) is 0. The quantitative estimate of drug-likeness (QED) is 0.801. The lowest BCUT2D eigenvalue weighted by molar-refractivity contribution is 0.0963. The summed E-state index contributed by atoms with van der Waals surface area (Å²) in [5.41, 5.74) is 1.71. The zero-order valence-corrected chi connectivity index (χ0v) is 9.72. The lowest BCUT2D eigenvalue weighted by Crippen LogP contribution is -2.41. The predicted octanol–water partition coefficient (Wildman–Crippen LogP) is 2.25. The molecule has 1 N–H and O–H groups in total. The Morgan fingerprint density at radius 2 is 2.53 bits per heavy atom. The lowest BCUT2D eigenvalue weighted by atomic mass is 9.96. The van der Waals surface area contributed by atoms with Crippen LogP contribution < -0.4 is 5.32 Å². The highest BCUT2D eigenvalue weighted by Gasteiger charge is 2.21. The van der Waals surface area contributed by atoms with E-state index in [4.69, 9.17) is 0 Å². The number of nitrogens with zero attached hydrogens (tertiary/aromatic N) is 1. The van der Waals surface area contributed by atoms with Crippen LogP contribution in [0.5, 0.6) is 0 Å². The van der Waals surface area contributed by atoms with Gasteiger partial charge in [-0.3, -0.25) is 9.78 Å². The van der Waals surface area contributed by atoms with E-state index in [1.54, 1.807) is 11.7 Å². The Hall–Kier alpha value is -0.740. The molecule has 3 nitrogen and oxygen atoms in total. The molecule has 1 aromatic heterocycles. The zero-order chi connectivity index (χ0) is 10.7. The summed E-state index contributed by atoms with van der Waals surface area (Å²) < 4.78 is 0. The standard InChI is InChI=1S/C11H16N2OS/c1-8-3-2-4-9(13-8)5-10(14)11-6-12-7-15-11/h6-9,13H,2-5H2,1H3. The third-order valence-corrected chi connectivity index (χ3v) is 3.66. The molecule has 2 unspecified atom stereocenters. The molecule has 1 fully saturated rings. The third-order valence-electron chi connectivity index (χ3n) is 2.85. The number of ketones is 1. The number of thiazole rings is 1. The molecule has 0 aromatic carbocycles. The molecule has 0 amide bonds. The summed E-state index contributed by atoms with van der Waals surface area (Å²) in [6.45, 7) is 2.18. The summed E-state index contributed by atoms with van der Waals surface area (Å²) in [4.78, 5) is 16.5. The topological polar surface area (TPSA) is 42.0 Å². The van der Waals surface area contributed by atoms with E-state index >= 15 is 0 Å². The third kappa shape index (κ3) is 2.86. The maximum atomic E-state index is 11.8. The van der Waals surface area contributed by atoms with E-state index in [1.807, 2.05) is 0 Å². The van der Waals surface area contributed by atoms with E-state index in [1.165, 1.54) is 24.2 Å². The van der Waals surface area contributed by atoms with Crippen molar-refractivity contribution in [3.05, 3.63) is 16.6 Å². The van der Waals surface area contributed by atoms with E-state index in [-0.39, 0.29) is 5.78 Å². The second-order valence-corrected chi connectivity index (χ2v) is 5.07. The fourth-order valence-corrected chi connectivity index (χ4v) is 2.65. The van der Waals surface area contributed by atoms with Gasteiger partial charge in [-0.05, 0) is 19.8 Å². The van der Waals surface area contributed by atoms with Crippen molar-refractivity contribution in [3.8, 4) is 0 Å². The van der Waals surface area contributed by atoms with Crippen molar-refractivity contribution in [1.29, 1.82) is 0 Å². The molecule has 2 rings (SSSR count). The summed E-state index contributed by atoms with van der Waals surface area (Å²) >= 11 is 1.43. The summed E-state index contributed by atoms with van der Waals surface area (Å²) in [6, 6.07) is 0.918. The molecule has 0 bridgehead atoms. The predicted molar refractivity (Wildman–Crippen MR) is 61.3 cm³/mol. The van der Waals surface area contributed by atoms with Crippen LogP contribution in [-0.4, -0.2) is 22.9 Å². The van der Waals surface area contributed by atoms with Crippen molar-refractivity contribution in [2.75, 3.05) is 0 Å². The van der Waals surface area contributed by atoms with Crippen molar-refractivity contribution in [1.82, 2.24) is 10.3 Å². The van der Waals surface area contributed by atoms with Gasteiger partial charge >= 0.3 is 0 Å². The molecule has 2 atom stereocenters. The second-order valence-electron chi connectivity index (χ2n) is 4.19. The first kappa shape index (κ1) is 10.8. The number of hydrogen-bond acceptors (Lipinski definition) is 4. The summed E-state index contributed by atoms with van der Waals surface area (Å²) in [5.74, 6) is 0.226. The Kier molecular flexibility index (Phi) is 3.49. The van der Waals surface area contributed by atoms with Crippen molar-refractivity contribution in [2.45, 2.75) is 44.7 Å². The highest BCUT2D eigenvalue weighted by Crippen LogP contribution is 2.18. The molecule has 0 radical (unpaired) electrons. The molecule has 82 valence electrons. The van der Waals surface area contributed by atoms with Gasteiger partial charge in [0.25, 0.3) is 0 Å². The van der Waals surface area contributed by atoms with E-state index < -0.39 is 0 Å². The zero-order valence-electron chi connectivity index (χ0n) is 8.90. The minimum atomic E-state index is 0.226. The number of carbonyl (C=O) groups excluding carboxylic acids is 1. The van der Waals surface area contributed by atoms with E-state index in [9.17, 15) is 4.79 Å². The molecular formula is C11H16N2OS. The SMILES string of the molecule is CC1CCCC(CC(=O)c2cncs2)N1. The average molecular weight is 224 g/mol. The lowest BCUT2D eigenvalue weighted by Gasteiger charge is -2.28. The first-order valence-corrected chi connectivity index (χ1v) is 6.31. The Bertz CT molecular complexity index is 323. The van der Waals surface area contributed by atoms with Crippen LogP contribution in [0.3, 0.4) is 0 Å². The Labute approximate surface area is 93.9 Å². The van der Waals surface area contributed by atoms with Gasteiger partial charge in [-0.1, -0.05) is 6.42 Å². The van der Waals surface area contributed by atoms with E-state index in [2.05, 4.69) is 17.2 Å². The van der Waals surface area contributed by atoms with E-state index in [0.29, 0.717) is 18.5 Å². The van der Waals surface area contributed by atoms with Crippen molar-refractivity contribution in [3.63, 3.8) is 0 Å². The minimum absolute atomic E-state index is 0.226. The molecule has 1 aromatic rings. The smallest absolute Gasteiger partial charge is 0.175 e. The number of rotatable bonds is 3. The number of aromatic nitrogens is 1. The summed E-state index contributed by atoms with van der Waals surface area (Å²) in [5, 5.41) is 3.47. The van der Waals surface area contributed by atoms with Gasteiger partial charge in [-0.15, -0.1) is 11.3 Å². The minimum Gasteiger partial charge on any atom is -0.311 e. The van der Waals surface area contributed by atoms with Crippen LogP contribution >= 0.6 is 11.3 Å². The maximum Gasteiger partial charge on any atom is 0.175 e. The number of nitrogens with one attached hydrogen (secondary N) is 1. The van der Waals surface area contributed by atoms with Gasteiger partial charge in [-0.25, -0.2) is 0 Å². The van der Waals surface area contributed by atoms with Crippen LogP contribution in [0, 0.1) is 0 Å². The van der Waals surface area contributed by atoms with Crippen LogP contribution in [0.2, 0.25) is 0 Å². The van der Waals surface area contributed by atoms with Crippen LogP contribution in [0.1, 0.15) is 42.3 Å². The largest absolute Gasteiger partial charge is 0.311 e. The highest BCUT2D eigenvalue weighted by atomic mass is 32.1. The van der Waals surface area contributed by atoms with Gasteiger partial charge < -0.3 is 5.32 Å². The maximum absolute atomic E-state index is 11.8. The molecule has 0 saturated carbocycles. The summed E-state index contributed by atoms with van der Waals surface area (Å²) in [6.07, 6.45) is 5.86. The van der Waals surface area contributed by atoms with Gasteiger partial charge in [0.15, 0.2) is 5.78 Å². The second kappa shape index (κ2) is 4.86. The molecule has 1 aliphatic heterocycles. The molecule has 1 saturated heterocycles. The fraction of sp³-hybridized carbons (Fsp3) is 0.636. The van der Waals surface area contributed by atoms with Crippen LogP contribution in [0.25, 0.3) is 0 Å². The van der Waals surface area contributed by atoms with Gasteiger partial charge in [0.2, 0.25) is 0 Å². The fourth-order valence-electron chi connectivity index (χ4n) is 2.08.